The van der Waals surface area contributed by atoms with Gasteiger partial charge >= 0.3 is 5.97 Å². The second kappa shape index (κ2) is 7.66. The van der Waals surface area contributed by atoms with Crippen LogP contribution in [0, 0.1) is 11.3 Å². The van der Waals surface area contributed by atoms with Crippen molar-refractivity contribution in [2.45, 2.75) is 0 Å². The highest BCUT2D eigenvalue weighted by Crippen LogP contribution is 2.29. The number of nitriles is 1. The number of methoxy groups -OCH3 is 1. The van der Waals surface area contributed by atoms with Crippen LogP contribution in [0.4, 0.5) is 0 Å². The summed E-state index contributed by atoms with van der Waals surface area (Å²) in [4.78, 5) is 10.6. The molecule has 5 nitrogen and oxygen atoms in total. The Morgan fingerprint density at radius 2 is 1.96 bits per heavy atom. The van der Waals surface area contributed by atoms with Gasteiger partial charge in [0.15, 0.2) is 18.1 Å². The van der Waals surface area contributed by atoms with Crippen molar-refractivity contribution < 1.29 is 19.4 Å². The summed E-state index contributed by atoms with van der Waals surface area (Å²) in [5.74, 6) is -0.317. The molecule has 0 bridgehead atoms. The van der Waals surface area contributed by atoms with E-state index >= 15 is 0 Å². The van der Waals surface area contributed by atoms with Gasteiger partial charge in [-0.15, -0.1) is 0 Å². The molecule has 2 aromatic rings. The maximum Gasteiger partial charge on any atom is 0.341 e. The second-order valence-corrected chi connectivity index (χ2v) is 4.63. The molecule has 0 aliphatic carbocycles. The molecular formula is C18H15NO4. The Labute approximate surface area is 134 Å². The lowest BCUT2D eigenvalue weighted by Crippen LogP contribution is -2.10. The summed E-state index contributed by atoms with van der Waals surface area (Å²) >= 11 is 0. The molecule has 0 unspecified atom stereocenters. The van der Waals surface area contributed by atoms with Gasteiger partial charge in [-0.2, -0.15) is 5.26 Å². The van der Waals surface area contributed by atoms with Crippen LogP contribution in [0.1, 0.15) is 11.1 Å². The fraction of sp³-hybridized carbons (Fsp3) is 0.111. The first-order valence-electron chi connectivity index (χ1n) is 6.84. The van der Waals surface area contributed by atoms with Crippen LogP contribution >= 0.6 is 0 Å². The molecule has 5 heteroatoms. The molecule has 0 aliphatic heterocycles. The first kappa shape index (κ1) is 16.1. The molecule has 0 saturated carbocycles. The minimum atomic E-state index is -1.06. The van der Waals surface area contributed by atoms with Crippen LogP contribution < -0.4 is 9.47 Å². The molecule has 0 atom stereocenters. The molecule has 23 heavy (non-hydrogen) atoms. The number of hydrogen-bond acceptors (Lipinski definition) is 4. The van der Waals surface area contributed by atoms with Gasteiger partial charge in [-0.1, -0.05) is 36.4 Å². The third kappa shape index (κ3) is 4.35. The maximum atomic E-state index is 10.6. The molecule has 0 fully saturated rings. The van der Waals surface area contributed by atoms with Gasteiger partial charge in [0.2, 0.25) is 0 Å². The number of nitrogens with zero attached hydrogens (tertiary/aromatic N) is 1. The van der Waals surface area contributed by atoms with Crippen molar-refractivity contribution in [3.63, 3.8) is 0 Å². The fourth-order valence-corrected chi connectivity index (χ4v) is 2.00. The minimum absolute atomic E-state index is 0.338. The molecule has 0 spiro atoms. The van der Waals surface area contributed by atoms with Gasteiger partial charge in [-0.3, -0.25) is 0 Å². The largest absolute Gasteiger partial charge is 0.493 e. The number of allylic oxidation sites excluding steroid dienone is 1. The highest BCUT2D eigenvalue weighted by Gasteiger charge is 2.08. The highest BCUT2D eigenvalue weighted by molar-refractivity contribution is 5.89. The average molecular weight is 309 g/mol. The minimum Gasteiger partial charge on any atom is -0.493 e. The molecule has 1 N–H and O–H groups in total. The average Bonchev–Trinajstić information content (AvgIpc) is 2.58. The SMILES string of the molecule is COc1cc(/C=C(\C#N)c2ccccc2)ccc1OCC(=O)O. The zero-order valence-corrected chi connectivity index (χ0v) is 12.5. The first-order valence-corrected chi connectivity index (χ1v) is 6.84. The smallest absolute Gasteiger partial charge is 0.341 e. The Morgan fingerprint density at radius 1 is 1.22 bits per heavy atom. The number of carbonyl (C=O) groups is 1. The highest BCUT2D eigenvalue weighted by atomic mass is 16.5. The van der Waals surface area contributed by atoms with Gasteiger partial charge in [-0.25, -0.2) is 4.79 Å². The van der Waals surface area contributed by atoms with Crippen LogP contribution in [0.25, 0.3) is 11.6 Å². The number of carboxylic acids is 1. The van der Waals surface area contributed by atoms with Crippen molar-refractivity contribution in [3.8, 4) is 17.6 Å². The summed E-state index contributed by atoms with van der Waals surface area (Å²) in [6, 6.07) is 16.5. The zero-order valence-electron chi connectivity index (χ0n) is 12.5. The molecule has 116 valence electrons. The van der Waals surface area contributed by atoms with Crippen molar-refractivity contribution in [2.75, 3.05) is 13.7 Å². The molecule has 0 radical (unpaired) electrons. The first-order chi connectivity index (χ1) is 11.1. The molecule has 0 amide bonds. The predicted molar refractivity (Wildman–Crippen MR) is 86.1 cm³/mol. The second-order valence-electron chi connectivity index (χ2n) is 4.63. The Morgan fingerprint density at radius 3 is 2.57 bits per heavy atom. The van der Waals surface area contributed by atoms with Crippen LogP contribution in [0.2, 0.25) is 0 Å². The third-order valence-corrected chi connectivity index (χ3v) is 3.06. The number of aliphatic carboxylic acids is 1. The van der Waals surface area contributed by atoms with Crippen molar-refractivity contribution in [1.82, 2.24) is 0 Å². The van der Waals surface area contributed by atoms with Gasteiger partial charge in [-0.05, 0) is 29.3 Å². The summed E-state index contributed by atoms with van der Waals surface area (Å²) in [5.41, 5.74) is 2.09. The molecular weight excluding hydrogens is 294 g/mol. The Balaban J connectivity index is 2.31. The van der Waals surface area contributed by atoms with E-state index in [0.29, 0.717) is 17.1 Å². The molecule has 2 rings (SSSR count). The van der Waals surface area contributed by atoms with Crippen molar-refractivity contribution in [2.24, 2.45) is 0 Å². The lowest BCUT2D eigenvalue weighted by Gasteiger charge is -2.10. The van der Waals surface area contributed by atoms with Crippen molar-refractivity contribution in [3.05, 3.63) is 59.7 Å². The zero-order chi connectivity index (χ0) is 16.7. The normalized spacial score (nSPS) is 10.7. The van der Waals surface area contributed by atoms with E-state index in [4.69, 9.17) is 14.6 Å². The Bertz CT molecular complexity index is 760. The molecule has 0 aromatic heterocycles. The molecule has 0 heterocycles. The number of hydrogen-bond donors (Lipinski definition) is 1. The topological polar surface area (TPSA) is 79.5 Å². The van der Waals surface area contributed by atoms with Crippen LogP contribution in [0.3, 0.4) is 0 Å². The van der Waals surface area contributed by atoms with E-state index in [-0.39, 0.29) is 0 Å². The quantitative estimate of drug-likeness (QED) is 0.654. The van der Waals surface area contributed by atoms with Gasteiger partial charge in [0.05, 0.1) is 18.8 Å². The molecule has 0 aliphatic rings. The van der Waals surface area contributed by atoms with Gasteiger partial charge in [0.25, 0.3) is 0 Å². The van der Waals surface area contributed by atoms with E-state index < -0.39 is 12.6 Å². The standard InChI is InChI=1S/C18H15NO4/c1-22-17-10-13(7-8-16(17)23-12-18(20)21)9-15(11-19)14-5-3-2-4-6-14/h2-10H,12H2,1H3,(H,20,21)/b15-9+. The fourth-order valence-electron chi connectivity index (χ4n) is 2.00. The number of ether oxygens (including phenoxy) is 2. The summed E-state index contributed by atoms with van der Waals surface area (Å²) < 4.78 is 10.4. The van der Waals surface area contributed by atoms with E-state index in [0.717, 1.165) is 11.1 Å². The Hall–Kier alpha value is -3.26. The van der Waals surface area contributed by atoms with Crippen LogP contribution in [-0.2, 0) is 4.79 Å². The number of rotatable bonds is 6. The third-order valence-electron chi connectivity index (χ3n) is 3.06. The van der Waals surface area contributed by atoms with E-state index in [1.54, 1.807) is 24.3 Å². The van der Waals surface area contributed by atoms with Gasteiger partial charge in [0.1, 0.15) is 0 Å². The van der Waals surface area contributed by atoms with Gasteiger partial charge in [0, 0.05) is 0 Å². The van der Waals surface area contributed by atoms with E-state index in [9.17, 15) is 10.1 Å². The van der Waals surface area contributed by atoms with Gasteiger partial charge < -0.3 is 14.6 Å². The van der Waals surface area contributed by atoms with Crippen LogP contribution in [-0.4, -0.2) is 24.8 Å². The van der Waals surface area contributed by atoms with Crippen molar-refractivity contribution in [1.29, 1.82) is 5.26 Å². The van der Waals surface area contributed by atoms with E-state index in [1.807, 2.05) is 30.3 Å². The van der Waals surface area contributed by atoms with Crippen LogP contribution in [0.15, 0.2) is 48.5 Å². The number of benzene rings is 2. The Kier molecular flexibility index (Phi) is 5.37. The molecule has 0 saturated heterocycles. The van der Waals surface area contributed by atoms with E-state index in [1.165, 1.54) is 7.11 Å². The van der Waals surface area contributed by atoms with Crippen LogP contribution in [0.5, 0.6) is 11.5 Å². The lowest BCUT2D eigenvalue weighted by molar-refractivity contribution is -0.139. The summed E-state index contributed by atoms with van der Waals surface area (Å²) in [6.07, 6.45) is 1.73. The molecule has 2 aromatic carbocycles. The maximum absolute atomic E-state index is 10.6. The number of carboxylic acid groups (broad SMARTS) is 1. The summed E-state index contributed by atoms with van der Waals surface area (Å²) in [6.45, 7) is -0.445. The summed E-state index contributed by atoms with van der Waals surface area (Å²) in [7, 11) is 1.47. The van der Waals surface area contributed by atoms with E-state index in [2.05, 4.69) is 6.07 Å². The monoisotopic (exact) mass is 309 g/mol. The lowest BCUT2D eigenvalue weighted by atomic mass is 10.0. The predicted octanol–water partition coefficient (Wildman–Crippen LogP) is 3.22. The van der Waals surface area contributed by atoms with Crippen molar-refractivity contribution >= 4 is 17.6 Å². The summed E-state index contributed by atoms with van der Waals surface area (Å²) in [5, 5.41) is 18.0.